The molecule has 0 radical (unpaired) electrons. The summed E-state index contributed by atoms with van der Waals surface area (Å²) >= 11 is 0. The van der Waals surface area contributed by atoms with Crippen LogP contribution < -0.4 is 11.1 Å². The van der Waals surface area contributed by atoms with E-state index in [9.17, 15) is 9.59 Å². The lowest BCUT2D eigenvalue weighted by atomic mass is 10.2. The van der Waals surface area contributed by atoms with Crippen molar-refractivity contribution in [2.24, 2.45) is 0 Å². The van der Waals surface area contributed by atoms with E-state index in [2.05, 4.69) is 10.4 Å². The zero-order valence-corrected chi connectivity index (χ0v) is 11.3. The first-order valence-corrected chi connectivity index (χ1v) is 6.28. The number of aromatic nitrogens is 2. The third-order valence-electron chi connectivity index (χ3n) is 2.66. The van der Waals surface area contributed by atoms with Gasteiger partial charge in [-0.05, 0) is 12.8 Å². The number of carbonyl (C=O) groups is 2. The van der Waals surface area contributed by atoms with Gasteiger partial charge in [0.05, 0.1) is 11.9 Å². The molecule has 0 saturated heterocycles. The molecule has 0 bridgehead atoms. The van der Waals surface area contributed by atoms with Crippen LogP contribution >= 0.6 is 0 Å². The zero-order chi connectivity index (χ0) is 14.3. The van der Waals surface area contributed by atoms with Crippen molar-refractivity contribution >= 4 is 17.6 Å². The van der Waals surface area contributed by atoms with Gasteiger partial charge in [-0.3, -0.25) is 14.3 Å². The summed E-state index contributed by atoms with van der Waals surface area (Å²) in [4.78, 5) is 22.9. The van der Waals surface area contributed by atoms with Crippen LogP contribution in [-0.2, 0) is 20.9 Å². The monoisotopic (exact) mass is 268 g/mol. The number of nitrogen functional groups attached to an aromatic ring is 1. The maximum Gasteiger partial charge on any atom is 0.328 e. The maximum atomic E-state index is 11.5. The normalized spacial score (nSPS) is 10.5. The summed E-state index contributed by atoms with van der Waals surface area (Å²) in [5.41, 5.74) is 5.93. The minimum atomic E-state index is -0.525. The van der Waals surface area contributed by atoms with Gasteiger partial charge < -0.3 is 15.8 Å². The van der Waals surface area contributed by atoms with Gasteiger partial charge in [0.2, 0.25) is 0 Å². The fourth-order valence-corrected chi connectivity index (χ4v) is 1.55. The lowest BCUT2D eigenvalue weighted by molar-refractivity contribution is -0.149. The highest BCUT2D eigenvalue weighted by Crippen LogP contribution is 1.98. The molecule has 0 spiro atoms. The number of nitrogens with one attached hydrogen (secondary N) is 1. The quantitative estimate of drug-likeness (QED) is 0.693. The Morgan fingerprint density at radius 1 is 1.47 bits per heavy atom. The van der Waals surface area contributed by atoms with E-state index >= 15 is 0 Å². The van der Waals surface area contributed by atoms with Crippen molar-refractivity contribution in [1.82, 2.24) is 15.1 Å². The number of anilines is 1. The van der Waals surface area contributed by atoms with Gasteiger partial charge in [-0.15, -0.1) is 0 Å². The second-order valence-corrected chi connectivity index (χ2v) is 4.21. The number of carbonyl (C=O) groups excluding carboxylic acids is 2. The van der Waals surface area contributed by atoms with Crippen LogP contribution in [0.5, 0.6) is 0 Å². The van der Waals surface area contributed by atoms with Crippen molar-refractivity contribution in [3.05, 3.63) is 12.4 Å². The van der Waals surface area contributed by atoms with Crippen LogP contribution in [0.3, 0.4) is 0 Å². The Kier molecular flexibility index (Phi) is 5.84. The summed E-state index contributed by atoms with van der Waals surface area (Å²) in [6, 6.07) is 0.122. The molecule has 106 valence electrons. The van der Waals surface area contributed by atoms with Gasteiger partial charge in [-0.25, -0.2) is 0 Å². The van der Waals surface area contributed by atoms with Crippen LogP contribution in [0.1, 0.15) is 26.7 Å². The van der Waals surface area contributed by atoms with Crippen LogP contribution in [0.25, 0.3) is 0 Å². The second-order valence-electron chi connectivity index (χ2n) is 4.21. The number of nitrogens with two attached hydrogens (primary N) is 1. The molecule has 0 aromatic carbocycles. The molecular formula is C12H20N4O3. The Morgan fingerprint density at radius 3 is 2.68 bits per heavy atom. The van der Waals surface area contributed by atoms with E-state index < -0.39 is 5.97 Å². The molecule has 0 unspecified atom stereocenters. The van der Waals surface area contributed by atoms with Crippen LogP contribution in [0.2, 0.25) is 0 Å². The Morgan fingerprint density at radius 2 is 2.16 bits per heavy atom. The van der Waals surface area contributed by atoms with Crippen molar-refractivity contribution in [2.45, 2.75) is 39.3 Å². The summed E-state index contributed by atoms with van der Waals surface area (Å²) in [7, 11) is 0. The third-order valence-corrected chi connectivity index (χ3v) is 2.66. The predicted octanol–water partition coefficient (Wildman–Crippen LogP) is 0.313. The lowest BCUT2D eigenvalue weighted by Crippen LogP contribution is -2.37. The molecule has 7 nitrogen and oxygen atoms in total. The average molecular weight is 268 g/mol. The third kappa shape index (κ3) is 5.41. The molecule has 0 aliphatic carbocycles. The zero-order valence-electron chi connectivity index (χ0n) is 11.3. The minimum Gasteiger partial charge on any atom is -0.454 e. The van der Waals surface area contributed by atoms with Crippen LogP contribution in [0.4, 0.5) is 5.69 Å². The van der Waals surface area contributed by atoms with E-state index in [0.29, 0.717) is 5.69 Å². The number of ether oxygens (including phenoxy) is 1. The molecule has 0 aliphatic heterocycles. The van der Waals surface area contributed by atoms with Crippen molar-refractivity contribution in [1.29, 1.82) is 0 Å². The molecule has 3 N–H and O–H groups in total. The van der Waals surface area contributed by atoms with Crippen LogP contribution in [0, 0.1) is 0 Å². The molecule has 1 amide bonds. The Bertz CT molecular complexity index is 426. The van der Waals surface area contributed by atoms with Gasteiger partial charge in [-0.2, -0.15) is 5.10 Å². The maximum absolute atomic E-state index is 11.5. The number of hydrogen-bond acceptors (Lipinski definition) is 5. The Labute approximate surface area is 112 Å². The van der Waals surface area contributed by atoms with Crippen molar-refractivity contribution in [3.63, 3.8) is 0 Å². The predicted molar refractivity (Wildman–Crippen MR) is 70.1 cm³/mol. The van der Waals surface area contributed by atoms with E-state index in [1.54, 1.807) is 0 Å². The molecule has 1 aromatic heterocycles. The lowest BCUT2D eigenvalue weighted by Gasteiger charge is -2.14. The minimum absolute atomic E-state index is 0.0601. The molecule has 0 saturated carbocycles. The number of rotatable bonds is 7. The molecule has 1 aromatic rings. The summed E-state index contributed by atoms with van der Waals surface area (Å²) in [5.74, 6) is -0.815. The first-order chi connectivity index (χ1) is 9.05. The Hall–Kier alpha value is -2.05. The molecule has 0 atom stereocenters. The Balaban J connectivity index is 2.28. The molecule has 7 heteroatoms. The largest absolute Gasteiger partial charge is 0.454 e. The highest BCUT2D eigenvalue weighted by Gasteiger charge is 2.11. The van der Waals surface area contributed by atoms with E-state index in [0.717, 1.165) is 12.8 Å². The van der Waals surface area contributed by atoms with Crippen molar-refractivity contribution < 1.29 is 14.3 Å². The summed E-state index contributed by atoms with van der Waals surface area (Å²) < 4.78 is 6.21. The van der Waals surface area contributed by atoms with Gasteiger partial charge >= 0.3 is 5.97 Å². The number of nitrogens with zero attached hydrogens (tertiary/aromatic N) is 2. The molecule has 1 rings (SSSR count). The fourth-order valence-electron chi connectivity index (χ4n) is 1.55. The van der Waals surface area contributed by atoms with Crippen molar-refractivity contribution in [3.8, 4) is 0 Å². The second kappa shape index (κ2) is 7.40. The topological polar surface area (TPSA) is 99.2 Å². The van der Waals surface area contributed by atoms with E-state index in [1.807, 2.05) is 13.8 Å². The summed E-state index contributed by atoms with van der Waals surface area (Å²) in [5, 5.41) is 6.63. The molecular weight excluding hydrogens is 248 g/mol. The van der Waals surface area contributed by atoms with Crippen molar-refractivity contribution in [2.75, 3.05) is 12.3 Å². The first-order valence-electron chi connectivity index (χ1n) is 6.28. The SMILES string of the molecule is CCC(CC)NC(=O)COC(=O)Cn1cc(N)cn1. The number of esters is 1. The summed E-state index contributed by atoms with van der Waals surface area (Å²) in [6.07, 6.45) is 4.66. The van der Waals surface area contributed by atoms with Gasteiger partial charge in [0, 0.05) is 12.2 Å². The smallest absolute Gasteiger partial charge is 0.328 e. The first kappa shape index (κ1) is 15.0. The number of amides is 1. The highest BCUT2D eigenvalue weighted by molar-refractivity contribution is 5.80. The van der Waals surface area contributed by atoms with Gasteiger partial charge in [-0.1, -0.05) is 13.8 Å². The standard InChI is InChI=1S/C12H20N4O3/c1-3-10(4-2)15-11(17)8-19-12(18)7-16-6-9(13)5-14-16/h5-6,10H,3-4,7-8,13H2,1-2H3,(H,15,17). The molecule has 1 heterocycles. The van der Waals surface area contributed by atoms with Gasteiger partial charge in [0.25, 0.3) is 5.91 Å². The molecule has 0 aliphatic rings. The van der Waals surface area contributed by atoms with Gasteiger partial charge in [0.1, 0.15) is 6.54 Å². The van der Waals surface area contributed by atoms with E-state index in [4.69, 9.17) is 10.5 Å². The molecule has 0 fully saturated rings. The van der Waals surface area contributed by atoms with Crippen LogP contribution in [-0.4, -0.2) is 34.3 Å². The number of hydrogen-bond donors (Lipinski definition) is 2. The summed E-state index contributed by atoms with van der Waals surface area (Å²) in [6.45, 7) is 3.65. The molecule has 19 heavy (non-hydrogen) atoms. The van der Waals surface area contributed by atoms with Crippen LogP contribution in [0.15, 0.2) is 12.4 Å². The van der Waals surface area contributed by atoms with E-state index in [1.165, 1.54) is 17.1 Å². The van der Waals surface area contributed by atoms with E-state index in [-0.39, 0.29) is 25.1 Å². The fraction of sp³-hybridized carbons (Fsp3) is 0.583. The highest BCUT2D eigenvalue weighted by atomic mass is 16.5. The average Bonchev–Trinajstić information content (AvgIpc) is 2.79. The van der Waals surface area contributed by atoms with Gasteiger partial charge in [0.15, 0.2) is 6.61 Å².